The van der Waals surface area contributed by atoms with E-state index >= 15 is 0 Å². The van der Waals surface area contributed by atoms with E-state index in [4.69, 9.17) is 5.11 Å². The Balaban J connectivity index is 2.07. The molecule has 1 heterocycles. The predicted octanol–water partition coefficient (Wildman–Crippen LogP) is 2.14. The van der Waals surface area contributed by atoms with Gasteiger partial charge in [-0.15, -0.1) is 11.3 Å². The van der Waals surface area contributed by atoms with Gasteiger partial charge in [-0.3, -0.25) is 0 Å². The summed E-state index contributed by atoms with van der Waals surface area (Å²) in [6, 6.07) is 0. The second kappa shape index (κ2) is 2.84. The van der Waals surface area contributed by atoms with E-state index in [1.807, 2.05) is 5.38 Å². The van der Waals surface area contributed by atoms with Crippen molar-refractivity contribution in [1.82, 2.24) is 4.98 Å². The maximum atomic E-state index is 9.05. The fraction of sp³-hybridized carbons (Fsp3) is 0.571. The predicted molar refractivity (Wildman–Crippen MR) is 47.8 cm³/mol. The Morgan fingerprint density at radius 3 is 2.82 bits per heavy atom. The third-order valence-electron chi connectivity index (χ3n) is 1.96. The second-order valence-corrected chi connectivity index (χ2v) is 4.53. The number of hydrogen-bond acceptors (Lipinski definition) is 3. The minimum absolute atomic E-state index is 0.0809. The van der Waals surface area contributed by atoms with Crippen molar-refractivity contribution in [2.45, 2.75) is 24.9 Å². The maximum Gasteiger partial charge on any atom is 0.117 e. The van der Waals surface area contributed by atoms with Crippen molar-refractivity contribution < 1.29 is 5.11 Å². The molecular formula is C7H8BrNOS. The van der Waals surface area contributed by atoms with Crippen LogP contribution in [0.3, 0.4) is 0 Å². The molecule has 1 fully saturated rings. The minimum Gasteiger partial charge on any atom is -0.393 e. The highest BCUT2D eigenvalue weighted by Gasteiger charge is 2.30. The van der Waals surface area contributed by atoms with E-state index in [1.165, 1.54) is 0 Å². The van der Waals surface area contributed by atoms with Crippen LogP contribution < -0.4 is 0 Å². The molecule has 2 rings (SSSR count). The van der Waals surface area contributed by atoms with Crippen LogP contribution in [0.2, 0.25) is 0 Å². The number of aliphatic hydroxyl groups excluding tert-OH is 1. The molecule has 0 radical (unpaired) electrons. The molecule has 1 aliphatic rings. The van der Waals surface area contributed by atoms with E-state index in [0.717, 1.165) is 22.5 Å². The lowest BCUT2D eigenvalue weighted by Gasteiger charge is -2.29. The van der Waals surface area contributed by atoms with Crippen molar-refractivity contribution in [3.63, 3.8) is 0 Å². The molecule has 1 aromatic heterocycles. The molecule has 2 nitrogen and oxygen atoms in total. The largest absolute Gasteiger partial charge is 0.393 e. The summed E-state index contributed by atoms with van der Waals surface area (Å²) >= 11 is 4.97. The lowest BCUT2D eigenvalue weighted by atomic mass is 9.83. The van der Waals surface area contributed by atoms with Gasteiger partial charge >= 0.3 is 0 Å². The molecule has 1 N–H and O–H groups in total. The molecule has 0 spiro atoms. The molecule has 0 saturated heterocycles. The number of nitrogens with zero attached hydrogens (tertiary/aromatic N) is 1. The smallest absolute Gasteiger partial charge is 0.117 e. The summed E-state index contributed by atoms with van der Waals surface area (Å²) in [7, 11) is 0. The van der Waals surface area contributed by atoms with Gasteiger partial charge in [-0.25, -0.2) is 4.98 Å². The van der Waals surface area contributed by atoms with Crippen LogP contribution in [-0.2, 0) is 0 Å². The first-order valence-electron chi connectivity index (χ1n) is 3.54. The van der Waals surface area contributed by atoms with Gasteiger partial charge in [0.2, 0.25) is 0 Å². The molecule has 0 bridgehead atoms. The van der Waals surface area contributed by atoms with Gasteiger partial charge in [-0.05, 0) is 28.8 Å². The number of thiazole rings is 1. The molecule has 0 aromatic carbocycles. The van der Waals surface area contributed by atoms with E-state index in [0.29, 0.717) is 5.92 Å². The van der Waals surface area contributed by atoms with Crippen LogP contribution >= 0.6 is 27.3 Å². The third-order valence-corrected chi connectivity index (χ3v) is 3.67. The van der Waals surface area contributed by atoms with Crippen LogP contribution in [0.15, 0.2) is 9.98 Å². The summed E-state index contributed by atoms with van der Waals surface area (Å²) in [6.45, 7) is 0. The number of aliphatic hydroxyl groups is 1. The second-order valence-electron chi connectivity index (χ2n) is 2.83. The van der Waals surface area contributed by atoms with E-state index in [2.05, 4.69) is 20.9 Å². The summed E-state index contributed by atoms with van der Waals surface area (Å²) in [5.41, 5.74) is 0. The Bertz CT molecular complexity index is 257. The first-order chi connectivity index (χ1) is 5.25. The van der Waals surface area contributed by atoms with Gasteiger partial charge in [0.25, 0.3) is 0 Å². The zero-order chi connectivity index (χ0) is 7.84. The van der Waals surface area contributed by atoms with E-state index in [-0.39, 0.29) is 6.10 Å². The van der Waals surface area contributed by atoms with E-state index in [1.54, 1.807) is 11.3 Å². The zero-order valence-corrected chi connectivity index (χ0v) is 8.23. The van der Waals surface area contributed by atoms with E-state index < -0.39 is 0 Å². The van der Waals surface area contributed by atoms with Gasteiger partial charge in [0.05, 0.1) is 11.1 Å². The van der Waals surface area contributed by atoms with Crippen LogP contribution in [0.5, 0.6) is 0 Å². The molecule has 0 atom stereocenters. The summed E-state index contributed by atoms with van der Waals surface area (Å²) in [5.74, 6) is 0.515. The van der Waals surface area contributed by atoms with Crippen molar-refractivity contribution >= 4 is 27.3 Å². The van der Waals surface area contributed by atoms with Gasteiger partial charge in [0.1, 0.15) is 4.60 Å². The summed E-state index contributed by atoms with van der Waals surface area (Å²) in [4.78, 5) is 4.29. The van der Waals surface area contributed by atoms with Crippen molar-refractivity contribution in [1.29, 1.82) is 0 Å². The Morgan fingerprint density at radius 2 is 2.36 bits per heavy atom. The van der Waals surface area contributed by atoms with Gasteiger partial charge < -0.3 is 5.11 Å². The first-order valence-corrected chi connectivity index (χ1v) is 5.22. The van der Waals surface area contributed by atoms with Crippen molar-refractivity contribution in [2.75, 3.05) is 0 Å². The van der Waals surface area contributed by atoms with Crippen LogP contribution in [-0.4, -0.2) is 16.2 Å². The van der Waals surface area contributed by atoms with Gasteiger partial charge in [-0.1, -0.05) is 0 Å². The monoisotopic (exact) mass is 233 g/mol. The number of aromatic nitrogens is 1. The van der Waals surface area contributed by atoms with Crippen LogP contribution in [0, 0.1) is 0 Å². The molecule has 1 saturated carbocycles. The highest BCUT2D eigenvalue weighted by Crippen LogP contribution is 2.38. The number of halogens is 1. The fourth-order valence-corrected chi connectivity index (χ4v) is 2.64. The van der Waals surface area contributed by atoms with Crippen LogP contribution in [0.4, 0.5) is 0 Å². The van der Waals surface area contributed by atoms with Crippen molar-refractivity contribution in [3.05, 3.63) is 15.0 Å². The molecule has 1 aliphatic carbocycles. The number of rotatable bonds is 1. The van der Waals surface area contributed by atoms with Gasteiger partial charge in [0, 0.05) is 11.3 Å². The SMILES string of the molecule is OC1CC(c2nc(Br)cs2)C1. The highest BCUT2D eigenvalue weighted by molar-refractivity contribution is 9.10. The third kappa shape index (κ3) is 1.48. The normalized spacial score (nSPS) is 30.0. The van der Waals surface area contributed by atoms with Crippen molar-refractivity contribution in [2.24, 2.45) is 0 Å². The Morgan fingerprint density at radius 1 is 1.64 bits per heavy atom. The Labute approximate surface area is 77.4 Å². The zero-order valence-electron chi connectivity index (χ0n) is 5.83. The van der Waals surface area contributed by atoms with Gasteiger partial charge in [-0.2, -0.15) is 0 Å². The topological polar surface area (TPSA) is 33.1 Å². The molecule has 1 aromatic rings. The molecule has 60 valence electrons. The Kier molecular flexibility index (Phi) is 1.99. The molecular weight excluding hydrogens is 226 g/mol. The summed E-state index contributed by atoms with van der Waals surface area (Å²) < 4.78 is 0.916. The molecule has 0 unspecified atom stereocenters. The molecule has 4 heteroatoms. The minimum atomic E-state index is -0.0809. The quantitative estimate of drug-likeness (QED) is 0.807. The highest BCUT2D eigenvalue weighted by atomic mass is 79.9. The van der Waals surface area contributed by atoms with Crippen molar-refractivity contribution in [3.8, 4) is 0 Å². The van der Waals surface area contributed by atoms with E-state index in [9.17, 15) is 0 Å². The average molecular weight is 234 g/mol. The van der Waals surface area contributed by atoms with Crippen LogP contribution in [0.1, 0.15) is 23.8 Å². The fourth-order valence-electron chi connectivity index (χ4n) is 1.24. The standard InChI is InChI=1S/C7H8BrNOS/c8-6-3-11-7(9-6)4-1-5(10)2-4/h3-5,10H,1-2H2. The molecule has 0 amide bonds. The number of hydrogen-bond donors (Lipinski definition) is 1. The maximum absolute atomic E-state index is 9.05. The lowest BCUT2D eigenvalue weighted by molar-refractivity contribution is 0.0745. The molecule has 11 heavy (non-hydrogen) atoms. The summed E-state index contributed by atoms with van der Waals surface area (Å²) in [6.07, 6.45) is 1.70. The average Bonchev–Trinajstić information content (AvgIpc) is 2.29. The van der Waals surface area contributed by atoms with Crippen LogP contribution in [0.25, 0.3) is 0 Å². The van der Waals surface area contributed by atoms with Gasteiger partial charge in [0.15, 0.2) is 0 Å². The molecule has 0 aliphatic heterocycles. The Hall–Kier alpha value is 0.0700. The first kappa shape index (κ1) is 7.71. The summed E-state index contributed by atoms with van der Waals surface area (Å²) in [5, 5.41) is 12.2. The lowest BCUT2D eigenvalue weighted by Crippen LogP contribution is -2.26.